The quantitative estimate of drug-likeness (QED) is 0.169. The van der Waals surface area contributed by atoms with Crippen LogP contribution in [0.3, 0.4) is 0 Å². The third kappa shape index (κ3) is 12.3. The Morgan fingerprint density at radius 3 is 1.65 bits per heavy atom. The molecule has 1 aliphatic heterocycles. The second-order valence-electron chi connectivity index (χ2n) is 7.56. The molecule has 0 spiro atoms. The molecule has 0 aromatic rings. The van der Waals surface area contributed by atoms with Crippen molar-refractivity contribution in [2.45, 2.75) is 122 Å². The van der Waals surface area contributed by atoms with E-state index >= 15 is 0 Å². The van der Waals surface area contributed by atoms with Crippen molar-refractivity contribution in [3.05, 3.63) is 0 Å². The molecular formula is C21H42ClN. The van der Waals surface area contributed by atoms with Crippen molar-refractivity contribution in [2.75, 3.05) is 13.1 Å². The van der Waals surface area contributed by atoms with E-state index in [2.05, 4.69) is 11.8 Å². The van der Waals surface area contributed by atoms with E-state index in [0.29, 0.717) is 5.50 Å². The Hall–Kier alpha value is 0.250. The molecular weight excluding hydrogens is 302 g/mol. The molecule has 0 radical (unpaired) electrons. The molecule has 1 saturated heterocycles. The van der Waals surface area contributed by atoms with Gasteiger partial charge in [-0.3, -0.25) is 4.90 Å². The van der Waals surface area contributed by atoms with Gasteiger partial charge in [0.05, 0.1) is 5.50 Å². The number of hydrogen-bond acceptors (Lipinski definition) is 1. The van der Waals surface area contributed by atoms with Crippen molar-refractivity contribution >= 4 is 11.6 Å². The predicted molar refractivity (Wildman–Crippen MR) is 105 cm³/mol. The number of unbranched alkanes of at least 4 members (excludes halogenated alkanes) is 13. The average molecular weight is 344 g/mol. The minimum absolute atomic E-state index is 0.325. The number of nitrogens with zero attached hydrogens (tertiary/aromatic N) is 1. The van der Waals surface area contributed by atoms with Gasteiger partial charge in [-0.15, -0.1) is 11.6 Å². The summed E-state index contributed by atoms with van der Waals surface area (Å²) < 4.78 is 0. The molecule has 1 nitrogen and oxygen atoms in total. The maximum atomic E-state index is 6.37. The summed E-state index contributed by atoms with van der Waals surface area (Å²) in [5.41, 5.74) is 0.325. The first-order valence-corrected chi connectivity index (χ1v) is 11.2. The van der Waals surface area contributed by atoms with Crippen LogP contribution in [0.25, 0.3) is 0 Å². The lowest BCUT2D eigenvalue weighted by atomic mass is 10.0. The van der Waals surface area contributed by atoms with E-state index in [4.69, 9.17) is 11.6 Å². The normalized spacial score (nSPS) is 19.3. The molecule has 23 heavy (non-hydrogen) atoms. The van der Waals surface area contributed by atoms with Gasteiger partial charge in [-0.25, -0.2) is 0 Å². The number of rotatable bonds is 15. The second-order valence-corrected chi connectivity index (χ2v) is 8.07. The van der Waals surface area contributed by atoms with Gasteiger partial charge in [0.2, 0.25) is 0 Å². The lowest BCUT2D eigenvalue weighted by Crippen LogP contribution is -2.36. The van der Waals surface area contributed by atoms with Crippen LogP contribution in [-0.2, 0) is 0 Å². The standard InChI is InChI=1S/C21H42ClN/c1-2-3-4-5-6-7-8-9-10-11-12-13-14-16-19-23-20-17-15-18-21(23)22/h21H,2-20H2,1H3. The highest BCUT2D eigenvalue weighted by atomic mass is 35.5. The van der Waals surface area contributed by atoms with E-state index in [1.165, 1.54) is 122 Å². The highest BCUT2D eigenvalue weighted by molar-refractivity contribution is 6.20. The fraction of sp³-hybridized carbons (Fsp3) is 1.00. The summed E-state index contributed by atoms with van der Waals surface area (Å²) in [5, 5.41) is 0. The highest BCUT2D eigenvalue weighted by Crippen LogP contribution is 2.20. The Morgan fingerprint density at radius 2 is 1.17 bits per heavy atom. The van der Waals surface area contributed by atoms with E-state index in [-0.39, 0.29) is 0 Å². The number of halogens is 1. The highest BCUT2D eigenvalue weighted by Gasteiger charge is 2.18. The number of alkyl halides is 1. The SMILES string of the molecule is CCCCCCCCCCCCCCCCN1CCCCC1Cl. The van der Waals surface area contributed by atoms with Gasteiger partial charge < -0.3 is 0 Å². The van der Waals surface area contributed by atoms with Crippen molar-refractivity contribution in [3.8, 4) is 0 Å². The van der Waals surface area contributed by atoms with Crippen LogP contribution in [0.4, 0.5) is 0 Å². The average Bonchev–Trinajstić information content (AvgIpc) is 2.57. The van der Waals surface area contributed by atoms with Crippen molar-refractivity contribution in [1.29, 1.82) is 0 Å². The van der Waals surface area contributed by atoms with Gasteiger partial charge in [0.1, 0.15) is 0 Å². The van der Waals surface area contributed by atoms with Crippen molar-refractivity contribution in [1.82, 2.24) is 4.90 Å². The maximum Gasteiger partial charge on any atom is 0.0850 e. The maximum absolute atomic E-state index is 6.37. The first kappa shape index (κ1) is 21.3. The van der Waals surface area contributed by atoms with Crippen LogP contribution in [0, 0.1) is 0 Å². The van der Waals surface area contributed by atoms with Crippen LogP contribution in [-0.4, -0.2) is 23.5 Å². The fourth-order valence-corrected chi connectivity index (χ4v) is 4.06. The van der Waals surface area contributed by atoms with Gasteiger partial charge >= 0.3 is 0 Å². The van der Waals surface area contributed by atoms with Gasteiger partial charge in [-0.2, -0.15) is 0 Å². The molecule has 1 fully saturated rings. The van der Waals surface area contributed by atoms with Gasteiger partial charge in [-0.05, 0) is 38.8 Å². The fourth-order valence-electron chi connectivity index (χ4n) is 3.71. The van der Waals surface area contributed by atoms with Crippen molar-refractivity contribution < 1.29 is 0 Å². The Kier molecular flexibility index (Phi) is 14.6. The minimum Gasteiger partial charge on any atom is -0.287 e. The second kappa shape index (κ2) is 15.8. The van der Waals surface area contributed by atoms with E-state index in [1.807, 2.05) is 0 Å². The summed E-state index contributed by atoms with van der Waals surface area (Å²) in [5.74, 6) is 0. The molecule has 1 rings (SSSR count). The summed E-state index contributed by atoms with van der Waals surface area (Å²) in [4.78, 5) is 2.49. The molecule has 1 atom stereocenters. The van der Waals surface area contributed by atoms with Crippen LogP contribution in [0.5, 0.6) is 0 Å². The zero-order chi connectivity index (χ0) is 16.6. The Labute approximate surface area is 151 Å². The number of piperidine rings is 1. The molecule has 0 saturated carbocycles. The molecule has 0 bridgehead atoms. The summed E-state index contributed by atoms with van der Waals surface area (Å²) >= 11 is 6.37. The molecule has 0 aromatic carbocycles. The monoisotopic (exact) mass is 343 g/mol. The zero-order valence-corrected chi connectivity index (χ0v) is 16.6. The molecule has 138 valence electrons. The largest absolute Gasteiger partial charge is 0.287 e. The molecule has 1 unspecified atom stereocenters. The van der Waals surface area contributed by atoms with Gasteiger partial charge in [0.15, 0.2) is 0 Å². The van der Waals surface area contributed by atoms with Crippen LogP contribution < -0.4 is 0 Å². The lowest BCUT2D eigenvalue weighted by molar-refractivity contribution is 0.197. The lowest BCUT2D eigenvalue weighted by Gasteiger charge is -2.31. The van der Waals surface area contributed by atoms with Crippen LogP contribution in [0.2, 0.25) is 0 Å². The summed E-state index contributed by atoms with van der Waals surface area (Å²) in [6.45, 7) is 4.75. The van der Waals surface area contributed by atoms with E-state index in [0.717, 1.165) is 0 Å². The van der Waals surface area contributed by atoms with Gasteiger partial charge in [-0.1, -0.05) is 90.4 Å². The van der Waals surface area contributed by atoms with Gasteiger partial charge in [0.25, 0.3) is 0 Å². The molecule has 2 heteroatoms. The zero-order valence-electron chi connectivity index (χ0n) is 15.8. The number of likely N-dealkylation sites (tertiary alicyclic amines) is 1. The third-order valence-electron chi connectivity index (χ3n) is 5.33. The Morgan fingerprint density at radius 1 is 0.696 bits per heavy atom. The smallest absolute Gasteiger partial charge is 0.0850 e. The Balaban J connectivity index is 1.73. The summed E-state index contributed by atoms with van der Waals surface area (Å²) in [6, 6.07) is 0. The van der Waals surface area contributed by atoms with Crippen LogP contribution in [0.1, 0.15) is 116 Å². The van der Waals surface area contributed by atoms with E-state index < -0.39 is 0 Å². The van der Waals surface area contributed by atoms with Crippen molar-refractivity contribution in [3.63, 3.8) is 0 Å². The van der Waals surface area contributed by atoms with E-state index in [9.17, 15) is 0 Å². The molecule has 0 amide bonds. The van der Waals surface area contributed by atoms with Crippen molar-refractivity contribution in [2.24, 2.45) is 0 Å². The molecule has 0 aliphatic carbocycles. The third-order valence-corrected chi connectivity index (χ3v) is 5.83. The molecule has 0 aromatic heterocycles. The predicted octanol–water partition coefficient (Wildman–Crippen LogP) is 7.52. The Bertz CT molecular complexity index is 244. The van der Waals surface area contributed by atoms with Crippen LogP contribution >= 0.6 is 11.6 Å². The summed E-state index contributed by atoms with van der Waals surface area (Å²) in [6.07, 6.45) is 24.0. The van der Waals surface area contributed by atoms with Crippen LogP contribution in [0.15, 0.2) is 0 Å². The molecule has 0 N–H and O–H groups in total. The number of hydrogen-bond donors (Lipinski definition) is 0. The first-order chi connectivity index (χ1) is 11.3. The first-order valence-electron chi connectivity index (χ1n) is 10.7. The van der Waals surface area contributed by atoms with E-state index in [1.54, 1.807) is 0 Å². The summed E-state index contributed by atoms with van der Waals surface area (Å²) in [7, 11) is 0. The van der Waals surface area contributed by atoms with Gasteiger partial charge in [0, 0.05) is 0 Å². The molecule has 1 heterocycles. The molecule has 1 aliphatic rings. The minimum atomic E-state index is 0.325. The topological polar surface area (TPSA) is 3.24 Å².